The zero-order valence-corrected chi connectivity index (χ0v) is 20.7. The lowest BCUT2D eigenvalue weighted by Crippen LogP contribution is -2.68. The van der Waals surface area contributed by atoms with Gasteiger partial charge in [0.25, 0.3) is 0 Å². The van der Waals surface area contributed by atoms with Gasteiger partial charge in [-0.15, -0.1) is 0 Å². The molecule has 0 aromatic carbocycles. The van der Waals surface area contributed by atoms with Gasteiger partial charge in [0, 0.05) is 14.0 Å². The first kappa shape index (κ1) is 31.4. The quantitative estimate of drug-likeness (QED) is 0.126. The van der Waals surface area contributed by atoms with E-state index in [1.807, 2.05) is 0 Å². The summed E-state index contributed by atoms with van der Waals surface area (Å²) < 4.78 is 32.7. The fourth-order valence-corrected chi connectivity index (χ4v) is 4.64. The maximum atomic E-state index is 11.6. The topological polar surface area (TPSA) is 267 Å². The second-order valence-corrected chi connectivity index (χ2v) is 9.28. The summed E-state index contributed by atoms with van der Waals surface area (Å²) in [6, 6.07) is -1.16. The maximum Gasteiger partial charge on any atom is 0.217 e. The van der Waals surface area contributed by atoms with Gasteiger partial charge in [0.05, 0.1) is 19.8 Å². The number of hydrogen-bond acceptors (Lipinski definition) is 16. The van der Waals surface area contributed by atoms with Crippen molar-refractivity contribution in [1.29, 1.82) is 0 Å². The molecule has 0 bridgehead atoms. The number of methoxy groups -OCH3 is 1. The molecule has 15 atom stereocenters. The number of carbonyl (C=O) groups is 1. The molecule has 17 heteroatoms. The van der Waals surface area contributed by atoms with Gasteiger partial charge in [-0.2, -0.15) is 0 Å². The average molecular weight is 560 g/mol. The molecule has 222 valence electrons. The summed E-state index contributed by atoms with van der Waals surface area (Å²) in [6.45, 7) is -1.05. The van der Waals surface area contributed by atoms with Crippen LogP contribution in [0, 0.1) is 0 Å². The van der Waals surface area contributed by atoms with Crippen LogP contribution in [0.4, 0.5) is 0 Å². The van der Waals surface area contributed by atoms with E-state index in [-0.39, 0.29) is 0 Å². The van der Waals surface area contributed by atoms with Gasteiger partial charge in [0.2, 0.25) is 5.91 Å². The molecule has 3 heterocycles. The molecule has 3 aliphatic rings. The number of nitrogens with one attached hydrogen (secondary N) is 1. The number of ether oxygens (including phenoxy) is 6. The number of carbonyl (C=O) groups excluding carboxylic acids is 1. The monoisotopic (exact) mass is 559 g/mol. The molecule has 0 aliphatic carbocycles. The summed E-state index contributed by atoms with van der Waals surface area (Å²) >= 11 is 0. The molecule has 0 aromatic heterocycles. The van der Waals surface area contributed by atoms with E-state index in [1.54, 1.807) is 0 Å². The van der Waals surface area contributed by atoms with Crippen LogP contribution in [0.2, 0.25) is 0 Å². The Morgan fingerprint density at radius 2 is 1.16 bits per heavy atom. The molecule has 3 aliphatic heterocycles. The molecular formula is C21H37NO16. The fourth-order valence-electron chi connectivity index (χ4n) is 4.64. The van der Waals surface area contributed by atoms with E-state index >= 15 is 0 Å². The number of aliphatic hydroxyl groups excluding tert-OH is 9. The van der Waals surface area contributed by atoms with E-state index in [4.69, 9.17) is 28.4 Å². The SMILES string of the molecule is CO[C@@H]1O[C@H](CO)[C@@H](O[C@@H]2O[C@H](CO)[C@H](O)[C@H](O[C@H]3O[C@H](CO)[C@H](O)[C@H](O)[C@H]3O)[C@H]2O)[C@H](O)C1NC(C)=O. The van der Waals surface area contributed by atoms with Crippen LogP contribution in [0.25, 0.3) is 0 Å². The van der Waals surface area contributed by atoms with Crippen LogP contribution in [0.15, 0.2) is 0 Å². The Labute approximate surface area is 217 Å². The van der Waals surface area contributed by atoms with Crippen molar-refractivity contribution in [3.63, 3.8) is 0 Å². The second-order valence-electron chi connectivity index (χ2n) is 9.28. The molecule has 0 radical (unpaired) electrons. The lowest BCUT2D eigenvalue weighted by molar-refractivity contribution is -0.375. The third-order valence-corrected chi connectivity index (χ3v) is 6.71. The van der Waals surface area contributed by atoms with Crippen molar-refractivity contribution in [2.45, 2.75) is 99.0 Å². The smallest absolute Gasteiger partial charge is 0.217 e. The average Bonchev–Trinajstić information content (AvgIpc) is 2.89. The molecular weight excluding hydrogens is 522 g/mol. The third kappa shape index (κ3) is 6.43. The van der Waals surface area contributed by atoms with Gasteiger partial charge in [-0.3, -0.25) is 4.79 Å². The van der Waals surface area contributed by atoms with Crippen LogP contribution < -0.4 is 5.32 Å². The summed E-state index contributed by atoms with van der Waals surface area (Å²) in [6.07, 6.45) is -22.3. The van der Waals surface area contributed by atoms with Crippen molar-refractivity contribution in [2.24, 2.45) is 0 Å². The first-order valence-electron chi connectivity index (χ1n) is 12.0. The molecule has 17 nitrogen and oxygen atoms in total. The van der Waals surface area contributed by atoms with Crippen molar-refractivity contribution in [1.82, 2.24) is 5.32 Å². The van der Waals surface area contributed by atoms with Gasteiger partial charge in [-0.25, -0.2) is 0 Å². The molecule has 0 spiro atoms. The van der Waals surface area contributed by atoms with Crippen LogP contribution in [0.1, 0.15) is 6.92 Å². The first-order valence-corrected chi connectivity index (χ1v) is 12.0. The summed E-state index contributed by atoms with van der Waals surface area (Å²) in [7, 11) is 1.25. The number of rotatable bonds is 9. The van der Waals surface area contributed by atoms with Gasteiger partial charge in [0.15, 0.2) is 18.9 Å². The first-order chi connectivity index (χ1) is 18.0. The third-order valence-electron chi connectivity index (χ3n) is 6.71. The lowest BCUT2D eigenvalue weighted by atomic mass is 9.95. The molecule has 0 aromatic rings. The fraction of sp³-hybridized carbons (Fsp3) is 0.952. The highest BCUT2D eigenvalue weighted by molar-refractivity contribution is 5.73. The summed E-state index contributed by atoms with van der Waals surface area (Å²) in [5.41, 5.74) is 0. The van der Waals surface area contributed by atoms with Crippen LogP contribution in [0.3, 0.4) is 0 Å². The molecule has 3 saturated heterocycles. The zero-order chi connectivity index (χ0) is 28.3. The predicted molar refractivity (Wildman–Crippen MR) is 118 cm³/mol. The van der Waals surface area contributed by atoms with Gasteiger partial charge >= 0.3 is 0 Å². The van der Waals surface area contributed by atoms with Crippen molar-refractivity contribution < 1.29 is 79.2 Å². The highest BCUT2D eigenvalue weighted by atomic mass is 16.8. The minimum Gasteiger partial charge on any atom is -0.394 e. The lowest BCUT2D eigenvalue weighted by Gasteiger charge is -2.48. The molecule has 10 N–H and O–H groups in total. The van der Waals surface area contributed by atoms with Gasteiger partial charge < -0.3 is 79.7 Å². The maximum absolute atomic E-state index is 11.6. The Morgan fingerprint density at radius 1 is 0.658 bits per heavy atom. The summed E-state index contributed by atoms with van der Waals surface area (Å²) in [5, 5.41) is 94.2. The molecule has 0 saturated carbocycles. The van der Waals surface area contributed by atoms with Crippen LogP contribution in [-0.2, 0) is 33.2 Å². The predicted octanol–water partition coefficient (Wildman–Crippen LogP) is -6.78. The van der Waals surface area contributed by atoms with E-state index in [0.717, 1.165) is 0 Å². The second kappa shape index (κ2) is 13.5. The van der Waals surface area contributed by atoms with Crippen LogP contribution in [-0.4, -0.2) is 171 Å². The Hall–Kier alpha value is -1.13. The molecule has 3 rings (SSSR count). The zero-order valence-electron chi connectivity index (χ0n) is 20.7. The van der Waals surface area contributed by atoms with Crippen molar-refractivity contribution >= 4 is 5.91 Å². The largest absolute Gasteiger partial charge is 0.394 e. The molecule has 3 fully saturated rings. The Bertz CT molecular complexity index is 761. The van der Waals surface area contributed by atoms with E-state index < -0.39 is 118 Å². The highest BCUT2D eigenvalue weighted by Gasteiger charge is 2.53. The van der Waals surface area contributed by atoms with E-state index in [0.29, 0.717) is 0 Å². The molecule has 1 amide bonds. The Balaban J connectivity index is 1.81. The normalized spacial score (nSPS) is 48.0. The number of amides is 1. The summed E-state index contributed by atoms with van der Waals surface area (Å²) in [5.74, 6) is -0.536. The van der Waals surface area contributed by atoms with E-state index in [2.05, 4.69) is 5.32 Å². The molecule has 1 unspecified atom stereocenters. The van der Waals surface area contributed by atoms with E-state index in [9.17, 15) is 50.8 Å². The Morgan fingerprint density at radius 3 is 1.68 bits per heavy atom. The minimum absolute atomic E-state index is 0.536. The Kier molecular flexibility index (Phi) is 11.1. The summed E-state index contributed by atoms with van der Waals surface area (Å²) in [4.78, 5) is 11.6. The van der Waals surface area contributed by atoms with Gasteiger partial charge in [-0.1, -0.05) is 0 Å². The van der Waals surface area contributed by atoms with Crippen molar-refractivity contribution in [2.75, 3.05) is 26.9 Å². The van der Waals surface area contributed by atoms with Crippen LogP contribution in [0.5, 0.6) is 0 Å². The highest BCUT2D eigenvalue weighted by Crippen LogP contribution is 2.32. The van der Waals surface area contributed by atoms with Crippen LogP contribution >= 0.6 is 0 Å². The standard InChI is InChI=1S/C21H37NO16/c1-6(26)22-10-13(29)17(9(5-25)36-19(10)33-2)37-21-16(32)18(12(28)8(4-24)35-21)38-20-15(31)14(30)11(27)7(3-23)34-20/h7-21,23-25,27-32H,3-5H2,1-2H3,(H,22,26)/t7-,8-,9-,10?,11+,12+,13-,14+,15-,16-,17-,18+,19-,20-,21+/m1/s1. The minimum atomic E-state index is -1.88. The number of aliphatic hydroxyl groups is 9. The number of hydrogen-bond donors (Lipinski definition) is 10. The van der Waals surface area contributed by atoms with Gasteiger partial charge in [0.1, 0.15) is 73.2 Å². The van der Waals surface area contributed by atoms with Gasteiger partial charge in [-0.05, 0) is 0 Å². The molecule has 38 heavy (non-hydrogen) atoms. The van der Waals surface area contributed by atoms with Crippen molar-refractivity contribution in [3.8, 4) is 0 Å². The van der Waals surface area contributed by atoms with E-state index in [1.165, 1.54) is 14.0 Å². The van der Waals surface area contributed by atoms with Crippen molar-refractivity contribution in [3.05, 3.63) is 0 Å².